The van der Waals surface area contributed by atoms with Crippen molar-refractivity contribution in [1.29, 1.82) is 0 Å². The Labute approximate surface area is 176 Å². The minimum atomic E-state index is -0.714. The Kier molecular flexibility index (Phi) is 6.66. The fraction of sp³-hybridized carbons (Fsp3) is 0.250. The molecule has 0 radical (unpaired) electrons. The summed E-state index contributed by atoms with van der Waals surface area (Å²) >= 11 is 7.57. The van der Waals surface area contributed by atoms with Crippen molar-refractivity contribution in [1.82, 2.24) is 9.78 Å². The first kappa shape index (κ1) is 21.0. The van der Waals surface area contributed by atoms with Gasteiger partial charge in [0.25, 0.3) is 0 Å². The van der Waals surface area contributed by atoms with E-state index >= 15 is 0 Å². The number of aromatic nitrogens is 2. The van der Waals surface area contributed by atoms with E-state index in [0.29, 0.717) is 22.1 Å². The van der Waals surface area contributed by atoms with Crippen molar-refractivity contribution in [3.63, 3.8) is 0 Å². The number of aromatic hydroxyl groups is 1. The number of halogens is 1. The molecule has 0 saturated carbocycles. The van der Waals surface area contributed by atoms with E-state index in [2.05, 4.69) is 5.10 Å². The Bertz CT molecular complexity index is 1080. The summed E-state index contributed by atoms with van der Waals surface area (Å²) in [6, 6.07) is 8.57. The highest BCUT2D eigenvalue weighted by molar-refractivity contribution is 7.98. The summed E-state index contributed by atoms with van der Waals surface area (Å²) in [7, 11) is 3.00. The van der Waals surface area contributed by atoms with Gasteiger partial charge in [-0.1, -0.05) is 23.7 Å². The van der Waals surface area contributed by atoms with E-state index in [-0.39, 0.29) is 12.2 Å². The molecule has 3 rings (SSSR count). The summed E-state index contributed by atoms with van der Waals surface area (Å²) in [6.45, 7) is 0. The van der Waals surface area contributed by atoms with Crippen molar-refractivity contribution >= 4 is 29.3 Å². The quantitative estimate of drug-likeness (QED) is 0.447. The fourth-order valence-corrected chi connectivity index (χ4v) is 3.93. The van der Waals surface area contributed by atoms with Crippen LogP contribution in [-0.4, -0.2) is 28.0 Å². The lowest BCUT2D eigenvalue weighted by atomic mass is 9.95. The van der Waals surface area contributed by atoms with E-state index in [1.54, 1.807) is 30.2 Å². The molecule has 9 heteroatoms. The minimum absolute atomic E-state index is 0.00524. The number of thioether (sulfide) groups is 1. The number of hydrogen-bond acceptors (Lipinski definition) is 7. The maximum absolute atomic E-state index is 12.4. The predicted octanol–water partition coefficient (Wildman–Crippen LogP) is 3.72. The van der Waals surface area contributed by atoms with Gasteiger partial charge in [0.2, 0.25) is 11.2 Å². The smallest absolute Gasteiger partial charge is 0.306 e. The Morgan fingerprint density at radius 2 is 2.17 bits per heavy atom. The van der Waals surface area contributed by atoms with Gasteiger partial charge < -0.3 is 14.3 Å². The second-order valence-electron chi connectivity index (χ2n) is 6.29. The van der Waals surface area contributed by atoms with Gasteiger partial charge in [0, 0.05) is 29.8 Å². The fourth-order valence-electron chi connectivity index (χ4n) is 2.81. The Balaban J connectivity index is 1.96. The molecule has 1 aromatic carbocycles. The minimum Gasteiger partial charge on any atom is -0.502 e. The number of nitrogens with zero attached hydrogens (tertiary/aromatic N) is 2. The average Bonchev–Trinajstić information content (AvgIpc) is 3.14. The van der Waals surface area contributed by atoms with E-state index in [9.17, 15) is 14.7 Å². The van der Waals surface area contributed by atoms with Crippen LogP contribution in [0.15, 0.2) is 56.8 Å². The van der Waals surface area contributed by atoms with Crippen LogP contribution in [0.4, 0.5) is 0 Å². The third kappa shape index (κ3) is 5.02. The van der Waals surface area contributed by atoms with Crippen LogP contribution in [0, 0.1) is 0 Å². The number of carbonyl (C=O) groups is 1. The molecule has 2 heterocycles. The van der Waals surface area contributed by atoms with Crippen molar-refractivity contribution in [2.45, 2.75) is 23.0 Å². The average molecular weight is 435 g/mol. The summed E-state index contributed by atoms with van der Waals surface area (Å²) in [5.74, 6) is -1.07. The van der Waals surface area contributed by atoms with Crippen LogP contribution in [0.3, 0.4) is 0 Å². The molecule has 152 valence electrons. The molecule has 0 aliphatic rings. The molecule has 7 nitrogen and oxygen atoms in total. The first-order chi connectivity index (χ1) is 13.9. The first-order valence-electron chi connectivity index (χ1n) is 8.67. The molecule has 0 aliphatic carbocycles. The molecule has 3 aromatic rings. The van der Waals surface area contributed by atoms with Gasteiger partial charge in [-0.25, -0.2) is 0 Å². The Hall–Kier alpha value is -2.71. The monoisotopic (exact) mass is 434 g/mol. The zero-order valence-corrected chi connectivity index (χ0v) is 17.4. The van der Waals surface area contributed by atoms with E-state index in [1.807, 2.05) is 18.2 Å². The lowest BCUT2D eigenvalue weighted by Crippen LogP contribution is -2.13. The maximum Gasteiger partial charge on any atom is 0.306 e. The third-order valence-electron chi connectivity index (χ3n) is 4.25. The normalized spacial score (nSPS) is 12.0. The van der Waals surface area contributed by atoms with Crippen molar-refractivity contribution in [2.75, 3.05) is 7.11 Å². The van der Waals surface area contributed by atoms with Gasteiger partial charge in [0.15, 0.2) is 5.76 Å². The molecule has 1 unspecified atom stereocenters. The second-order valence-corrected chi connectivity index (χ2v) is 7.71. The van der Waals surface area contributed by atoms with Crippen LogP contribution < -0.4 is 5.43 Å². The molecule has 0 bridgehead atoms. The molecule has 0 amide bonds. The lowest BCUT2D eigenvalue weighted by molar-refractivity contribution is -0.140. The van der Waals surface area contributed by atoms with E-state index < -0.39 is 23.1 Å². The van der Waals surface area contributed by atoms with Gasteiger partial charge in [-0.2, -0.15) is 5.10 Å². The summed E-state index contributed by atoms with van der Waals surface area (Å²) in [5.41, 5.74) is 0.0343. The number of esters is 1. The van der Waals surface area contributed by atoms with Crippen LogP contribution in [0.25, 0.3) is 0 Å². The summed E-state index contributed by atoms with van der Waals surface area (Å²) in [4.78, 5) is 25.1. The molecule has 0 spiro atoms. The first-order valence-corrected chi connectivity index (χ1v) is 10.0. The maximum atomic E-state index is 12.4. The topological polar surface area (TPSA) is 94.6 Å². The van der Waals surface area contributed by atoms with E-state index in [4.69, 9.17) is 20.8 Å². The van der Waals surface area contributed by atoms with Gasteiger partial charge in [-0.3, -0.25) is 14.3 Å². The summed E-state index contributed by atoms with van der Waals surface area (Å²) in [5, 5.41) is 15.1. The van der Waals surface area contributed by atoms with Gasteiger partial charge in [0.1, 0.15) is 5.76 Å². The van der Waals surface area contributed by atoms with Crippen molar-refractivity contribution < 1.29 is 19.1 Å². The van der Waals surface area contributed by atoms with Crippen LogP contribution in [0.1, 0.15) is 29.4 Å². The van der Waals surface area contributed by atoms with Crippen molar-refractivity contribution in [3.8, 4) is 5.75 Å². The third-order valence-corrected chi connectivity index (χ3v) is 5.79. The highest BCUT2D eigenvalue weighted by Gasteiger charge is 2.27. The molecular weight excluding hydrogens is 416 g/mol. The molecule has 0 fully saturated rings. The van der Waals surface area contributed by atoms with Crippen molar-refractivity contribution in [3.05, 3.63) is 75.1 Å². The molecule has 29 heavy (non-hydrogen) atoms. The highest BCUT2D eigenvalue weighted by atomic mass is 35.5. The van der Waals surface area contributed by atoms with Gasteiger partial charge in [-0.05, 0) is 12.1 Å². The molecule has 1 atom stereocenters. The largest absolute Gasteiger partial charge is 0.502 e. The molecule has 2 aromatic heterocycles. The number of carbonyl (C=O) groups excluding carboxylic acids is 1. The number of benzene rings is 1. The van der Waals surface area contributed by atoms with Crippen LogP contribution in [-0.2, 0) is 22.3 Å². The standard InChI is InChI=1S/C20H19ClN2O5S/c1-23-10-12(9-22-23)14(8-18(25)27-2)20-19(26)16(24)7-13(28-20)11-29-17-6-4-3-5-15(17)21/h3-7,9-10,14,26H,8,11H2,1-2H3. The predicted molar refractivity (Wildman–Crippen MR) is 109 cm³/mol. The number of aryl methyl sites for hydroxylation is 1. The van der Waals surface area contributed by atoms with Gasteiger partial charge in [-0.15, -0.1) is 11.8 Å². The van der Waals surface area contributed by atoms with Gasteiger partial charge >= 0.3 is 5.97 Å². The van der Waals surface area contributed by atoms with Crippen LogP contribution in [0.5, 0.6) is 5.75 Å². The lowest BCUT2D eigenvalue weighted by Gasteiger charge is -2.15. The number of ether oxygens (including phenoxy) is 1. The zero-order valence-electron chi connectivity index (χ0n) is 15.8. The van der Waals surface area contributed by atoms with Crippen LogP contribution >= 0.6 is 23.4 Å². The molecule has 0 aliphatic heterocycles. The van der Waals surface area contributed by atoms with E-state index in [1.165, 1.54) is 24.9 Å². The number of methoxy groups -OCH3 is 1. The Morgan fingerprint density at radius 1 is 1.41 bits per heavy atom. The van der Waals surface area contributed by atoms with Gasteiger partial charge in [0.05, 0.1) is 36.4 Å². The SMILES string of the molecule is COC(=O)CC(c1cnn(C)c1)c1oc(CSc2ccccc2Cl)cc(=O)c1O. The molecular formula is C20H19ClN2O5S. The number of hydrogen-bond donors (Lipinski definition) is 1. The molecule has 0 saturated heterocycles. The molecule has 1 N–H and O–H groups in total. The van der Waals surface area contributed by atoms with E-state index in [0.717, 1.165) is 4.90 Å². The Morgan fingerprint density at radius 3 is 2.83 bits per heavy atom. The van der Waals surface area contributed by atoms with Crippen molar-refractivity contribution in [2.24, 2.45) is 7.05 Å². The second kappa shape index (κ2) is 9.19. The highest BCUT2D eigenvalue weighted by Crippen LogP contribution is 2.35. The number of rotatable bonds is 7. The summed E-state index contributed by atoms with van der Waals surface area (Å²) in [6.07, 6.45) is 3.14. The summed E-state index contributed by atoms with van der Waals surface area (Å²) < 4.78 is 12.2. The zero-order chi connectivity index (χ0) is 21.0. The van der Waals surface area contributed by atoms with Crippen LogP contribution in [0.2, 0.25) is 5.02 Å².